The number of hydrogen-bond donors (Lipinski definition) is 1. The Balaban J connectivity index is 1.54. The number of imide groups is 1. The molecule has 4 rings (SSSR count). The molecule has 1 N–H and O–H groups in total. The van der Waals surface area contributed by atoms with Gasteiger partial charge in [0.15, 0.2) is 5.78 Å². The van der Waals surface area contributed by atoms with Gasteiger partial charge >= 0.3 is 12.6 Å². The SMILES string of the molecule is O=C(CN1C(=O)N[C@@]2(CCCc3ccccc32)C1=O)c1ccc(OC(F)F)cc1. The molecule has 0 bridgehead atoms. The zero-order chi connectivity index (χ0) is 20.6. The minimum absolute atomic E-state index is 0.0793. The highest BCUT2D eigenvalue weighted by atomic mass is 19.3. The monoisotopic (exact) mass is 400 g/mol. The zero-order valence-corrected chi connectivity index (χ0v) is 15.4. The van der Waals surface area contributed by atoms with Gasteiger partial charge in [0, 0.05) is 5.56 Å². The third-order valence-electron chi connectivity index (χ3n) is 5.35. The summed E-state index contributed by atoms with van der Waals surface area (Å²) in [6, 6.07) is 12.0. The number of rotatable bonds is 5. The number of carbonyl (C=O) groups is 3. The molecule has 1 aliphatic heterocycles. The van der Waals surface area contributed by atoms with Crippen LogP contribution in [0.25, 0.3) is 0 Å². The number of halogens is 2. The third kappa shape index (κ3) is 3.35. The molecular formula is C21H18F2N2O4. The van der Waals surface area contributed by atoms with Crippen molar-refractivity contribution < 1.29 is 27.9 Å². The molecule has 150 valence electrons. The molecule has 6 nitrogen and oxygen atoms in total. The summed E-state index contributed by atoms with van der Waals surface area (Å²) in [5, 5.41) is 2.79. The van der Waals surface area contributed by atoms with E-state index in [2.05, 4.69) is 10.1 Å². The first-order valence-electron chi connectivity index (χ1n) is 9.21. The predicted octanol–water partition coefficient (Wildman–Crippen LogP) is 3.25. The lowest BCUT2D eigenvalue weighted by Crippen LogP contribution is -2.46. The summed E-state index contributed by atoms with van der Waals surface area (Å²) in [5.41, 5.74) is 0.835. The molecule has 3 amide bonds. The molecule has 2 aromatic rings. The average molecular weight is 400 g/mol. The van der Waals surface area contributed by atoms with Gasteiger partial charge in [-0.3, -0.25) is 14.5 Å². The quantitative estimate of drug-likeness (QED) is 0.618. The lowest BCUT2D eigenvalue weighted by atomic mass is 9.76. The molecule has 0 unspecified atom stereocenters. The van der Waals surface area contributed by atoms with Crippen molar-refractivity contribution in [1.29, 1.82) is 0 Å². The first kappa shape index (κ1) is 19.0. The molecule has 0 saturated carbocycles. The Kier molecular flexibility index (Phi) is 4.77. The number of carbonyl (C=O) groups excluding carboxylic acids is 3. The molecule has 1 heterocycles. The fraction of sp³-hybridized carbons (Fsp3) is 0.286. The first-order valence-corrected chi connectivity index (χ1v) is 9.21. The van der Waals surface area contributed by atoms with Gasteiger partial charge in [0.25, 0.3) is 5.91 Å². The van der Waals surface area contributed by atoms with Crippen LogP contribution in [0.4, 0.5) is 13.6 Å². The maximum atomic E-state index is 13.2. The fourth-order valence-corrected chi connectivity index (χ4v) is 4.01. The van der Waals surface area contributed by atoms with Crippen molar-refractivity contribution in [2.75, 3.05) is 6.54 Å². The van der Waals surface area contributed by atoms with Crippen LogP contribution in [0.15, 0.2) is 48.5 Å². The second-order valence-electron chi connectivity index (χ2n) is 7.06. The van der Waals surface area contributed by atoms with Crippen molar-refractivity contribution in [1.82, 2.24) is 10.2 Å². The first-order chi connectivity index (χ1) is 13.9. The molecule has 1 aliphatic carbocycles. The Morgan fingerprint density at radius 3 is 2.59 bits per heavy atom. The van der Waals surface area contributed by atoms with E-state index in [-0.39, 0.29) is 11.3 Å². The number of aryl methyl sites for hydroxylation is 1. The van der Waals surface area contributed by atoms with E-state index in [1.807, 2.05) is 24.3 Å². The number of benzene rings is 2. The molecule has 0 radical (unpaired) electrons. The maximum Gasteiger partial charge on any atom is 0.387 e. The number of amides is 3. The van der Waals surface area contributed by atoms with Crippen LogP contribution in [0, 0.1) is 0 Å². The predicted molar refractivity (Wildman–Crippen MR) is 98.7 cm³/mol. The summed E-state index contributed by atoms with van der Waals surface area (Å²) in [5.74, 6) is -0.997. The Bertz CT molecular complexity index is 977. The molecule has 0 aromatic heterocycles. The molecule has 8 heteroatoms. The van der Waals surface area contributed by atoms with Gasteiger partial charge < -0.3 is 10.1 Å². The number of fused-ring (bicyclic) bond motifs is 2. The number of nitrogens with zero attached hydrogens (tertiary/aromatic N) is 1. The van der Waals surface area contributed by atoms with E-state index in [1.54, 1.807) is 0 Å². The Morgan fingerprint density at radius 1 is 1.14 bits per heavy atom. The van der Waals surface area contributed by atoms with Crippen LogP contribution >= 0.6 is 0 Å². The highest BCUT2D eigenvalue weighted by Crippen LogP contribution is 2.39. The van der Waals surface area contributed by atoms with Gasteiger partial charge in [-0.1, -0.05) is 24.3 Å². The number of hydrogen-bond acceptors (Lipinski definition) is 4. The van der Waals surface area contributed by atoms with E-state index < -0.39 is 36.4 Å². The number of Topliss-reactive ketones (excluding diaryl/α,β-unsaturated/α-hetero) is 1. The lowest BCUT2D eigenvalue weighted by Gasteiger charge is -2.33. The van der Waals surface area contributed by atoms with E-state index in [4.69, 9.17) is 0 Å². The summed E-state index contributed by atoms with van der Waals surface area (Å²) < 4.78 is 28.7. The van der Waals surface area contributed by atoms with E-state index >= 15 is 0 Å². The van der Waals surface area contributed by atoms with Crippen LogP contribution in [-0.4, -0.2) is 35.8 Å². The topological polar surface area (TPSA) is 75.7 Å². The lowest BCUT2D eigenvalue weighted by molar-refractivity contribution is -0.131. The van der Waals surface area contributed by atoms with Crippen LogP contribution in [0.1, 0.15) is 34.3 Å². The summed E-state index contributed by atoms with van der Waals surface area (Å²) in [4.78, 5) is 39.2. The summed E-state index contributed by atoms with van der Waals surface area (Å²) in [7, 11) is 0. The van der Waals surface area contributed by atoms with Crippen molar-refractivity contribution in [2.24, 2.45) is 0 Å². The number of nitrogens with one attached hydrogen (secondary N) is 1. The Labute approximate surface area is 165 Å². The molecule has 29 heavy (non-hydrogen) atoms. The van der Waals surface area contributed by atoms with Crippen LogP contribution in [0.3, 0.4) is 0 Å². The van der Waals surface area contributed by atoms with Crippen LogP contribution in [0.2, 0.25) is 0 Å². The van der Waals surface area contributed by atoms with E-state index in [0.29, 0.717) is 6.42 Å². The van der Waals surface area contributed by atoms with E-state index in [9.17, 15) is 23.2 Å². The van der Waals surface area contributed by atoms with Crippen molar-refractivity contribution in [3.63, 3.8) is 0 Å². The van der Waals surface area contributed by atoms with Crippen molar-refractivity contribution in [3.8, 4) is 5.75 Å². The molecule has 1 atom stereocenters. The summed E-state index contributed by atoms with van der Waals surface area (Å²) >= 11 is 0. The van der Waals surface area contributed by atoms with E-state index in [0.717, 1.165) is 28.9 Å². The molecular weight excluding hydrogens is 382 g/mol. The minimum Gasteiger partial charge on any atom is -0.435 e. The van der Waals surface area contributed by atoms with Gasteiger partial charge in [-0.15, -0.1) is 0 Å². The highest BCUT2D eigenvalue weighted by Gasteiger charge is 2.54. The van der Waals surface area contributed by atoms with Crippen molar-refractivity contribution in [2.45, 2.75) is 31.4 Å². The molecule has 1 saturated heterocycles. The molecule has 1 spiro atoms. The van der Waals surface area contributed by atoms with Gasteiger partial charge in [-0.25, -0.2) is 4.79 Å². The standard InChI is InChI=1S/C21H18F2N2O4/c22-19(23)29-15-9-7-14(8-10-15)17(26)12-25-18(27)21(24-20(25)28)11-3-5-13-4-1-2-6-16(13)21/h1-2,4,6-10,19H,3,5,11-12H2,(H,24,28)/t21-/m1/s1. The van der Waals surface area contributed by atoms with Gasteiger partial charge in [0.05, 0.1) is 6.54 Å². The smallest absolute Gasteiger partial charge is 0.387 e. The van der Waals surface area contributed by atoms with Crippen molar-refractivity contribution in [3.05, 3.63) is 65.2 Å². The summed E-state index contributed by atoms with van der Waals surface area (Å²) in [6.07, 6.45) is 2.04. The molecule has 2 aromatic carbocycles. The van der Waals surface area contributed by atoms with E-state index in [1.165, 1.54) is 24.3 Å². The molecule has 1 fully saturated rings. The second-order valence-corrected chi connectivity index (χ2v) is 7.06. The van der Waals surface area contributed by atoms with Gasteiger partial charge in [-0.05, 0) is 54.7 Å². The van der Waals surface area contributed by atoms with Gasteiger partial charge in [-0.2, -0.15) is 8.78 Å². The Hall–Kier alpha value is -3.29. The Morgan fingerprint density at radius 2 is 1.86 bits per heavy atom. The second kappa shape index (κ2) is 7.27. The van der Waals surface area contributed by atoms with Gasteiger partial charge in [0.2, 0.25) is 0 Å². The zero-order valence-electron chi connectivity index (χ0n) is 15.4. The van der Waals surface area contributed by atoms with Crippen LogP contribution < -0.4 is 10.1 Å². The van der Waals surface area contributed by atoms with Crippen LogP contribution in [0.5, 0.6) is 5.75 Å². The summed E-state index contributed by atoms with van der Waals surface area (Å²) in [6.45, 7) is -3.39. The maximum absolute atomic E-state index is 13.2. The average Bonchev–Trinajstić information content (AvgIpc) is 2.93. The molecule has 2 aliphatic rings. The number of alkyl halides is 2. The minimum atomic E-state index is -2.96. The normalized spacial score (nSPS) is 20.7. The van der Waals surface area contributed by atoms with Crippen molar-refractivity contribution >= 4 is 17.7 Å². The third-order valence-corrected chi connectivity index (χ3v) is 5.35. The largest absolute Gasteiger partial charge is 0.435 e. The fourth-order valence-electron chi connectivity index (χ4n) is 4.01. The van der Waals surface area contributed by atoms with Gasteiger partial charge in [0.1, 0.15) is 11.3 Å². The number of urea groups is 1. The number of ketones is 1. The highest BCUT2D eigenvalue weighted by molar-refractivity contribution is 6.11. The van der Waals surface area contributed by atoms with Crippen LogP contribution in [-0.2, 0) is 16.8 Å². The number of ether oxygens (including phenoxy) is 1.